The number of anilines is 1. The molecule has 0 aliphatic rings. The lowest BCUT2D eigenvalue weighted by atomic mass is 9.84. The van der Waals surface area contributed by atoms with E-state index in [9.17, 15) is 9.59 Å². The van der Waals surface area contributed by atoms with Gasteiger partial charge in [-0.05, 0) is 47.2 Å². The Bertz CT molecular complexity index is 975. The molecule has 0 saturated heterocycles. The minimum atomic E-state index is -0.876. The molecule has 1 N–H and O–H groups in total. The van der Waals surface area contributed by atoms with Crippen molar-refractivity contribution in [2.75, 3.05) is 19.1 Å². The van der Waals surface area contributed by atoms with Crippen molar-refractivity contribution in [2.45, 2.75) is 33.4 Å². The molecule has 0 saturated carbocycles. The van der Waals surface area contributed by atoms with Crippen LogP contribution >= 0.6 is 11.6 Å². The topological polar surface area (TPSA) is 67.9 Å². The van der Waals surface area contributed by atoms with E-state index in [0.29, 0.717) is 16.5 Å². The Morgan fingerprint density at radius 1 is 1.13 bits per heavy atom. The highest BCUT2D eigenvalue weighted by Gasteiger charge is 2.39. The smallest absolute Gasteiger partial charge is 0.303 e. The van der Waals surface area contributed by atoms with Crippen molar-refractivity contribution < 1.29 is 19.1 Å². The summed E-state index contributed by atoms with van der Waals surface area (Å²) in [5.41, 5.74) is 0.681. The molecule has 0 heterocycles. The molecular formula is C24H27ClN2O4. The van der Waals surface area contributed by atoms with E-state index in [-0.39, 0.29) is 12.5 Å². The highest BCUT2D eigenvalue weighted by Crippen LogP contribution is 2.34. The lowest BCUT2D eigenvalue weighted by molar-refractivity contribution is -0.127. The first-order valence-electron chi connectivity index (χ1n) is 9.66. The van der Waals surface area contributed by atoms with Gasteiger partial charge >= 0.3 is 5.91 Å². The predicted octanol–water partition coefficient (Wildman–Crippen LogP) is 4.05. The number of ether oxygens (including phenoxy) is 2. The van der Waals surface area contributed by atoms with E-state index in [1.807, 2.05) is 45.0 Å². The van der Waals surface area contributed by atoms with Crippen LogP contribution in [0.3, 0.4) is 0 Å². The number of methoxy groups -OCH3 is 2. The van der Waals surface area contributed by atoms with E-state index in [4.69, 9.17) is 27.5 Å². The third kappa shape index (κ3) is 5.93. The van der Waals surface area contributed by atoms with Gasteiger partial charge in [0, 0.05) is 12.2 Å². The highest BCUT2D eigenvalue weighted by molar-refractivity contribution is 6.32. The molecule has 1 atom stereocenters. The first-order valence-corrected chi connectivity index (χ1v) is 10.0. The van der Waals surface area contributed by atoms with E-state index in [1.54, 1.807) is 25.3 Å². The Balaban J connectivity index is 2.37. The maximum absolute atomic E-state index is 13.3. The Morgan fingerprint density at radius 3 is 2.26 bits per heavy atom. The molecule has 0 spiro atoms. The van der Waals surface area contributed by atoms with Gasteiger partial charge in [0.05, 0.1) is 19.2 Å². The fourth-order valence-corrected chi connectivity index (χ4v) is 3.44. The first-order chi connectivity index (χ1) is 14.6. The van der Waals surface area contributed by atoms with Crippen molar-refractivity contribution in [1.82, 2.24) is 5.32 Å². The number of carbonyl (C=O) groups excluding carboxylic acids is 2. The van der Waals surface area contributed by atoms with Gasteiger partial charge in [-0.25, -0.2) is 0 Å². The molecule has 31 heavy (non-hydrogen) atoms. The molecule has 0 aliphatic heterocycles. The molecule has 0 bridgehead atoms. The number of carbonyl (C=O) groups is 2. The molecule has 2 rings (SSSR count). The van der Waals surface area contributed by atoms with Crippen molar-refractivity contribution in [3.05, 3.63) is 53.1 Å². The molecule has 7 heteroatoms. The second kappa shape index (κ2) is 10.2. The van der Waals surface area contributed by atoms with Gasteiger partial charge in [-0.15, -0.1) is 6.42 Å². The van der Waals surface area contributed by atoms with Crippen LogP contribution in [0.4, 0.5) is 5.69 Å². The Labute approximate surface area is 188 Å². The number of amides is 2. The Kier molecular flexibility index (Phi) is 7.95. The molecule has 1 unspecified atom stereocenters. The zero-order valence-corrected chi connectivity index (χ0v) is 19.1. The largest absolute Gasteiger partial charge is 0.497 e. The number of rotatable bonds is 7. The number of terminal acetylenes is 1. The second-order valence-corrected chi connectivity index (χ2v) is 8.38. The van der Waals surface area contributed by atoms with Gasteiger partial charge in [0.2, 0.25) is 5.91 Å². The van der Waals surface area contributed by atoms with E-state index < -0.39 is 17.4 Å². The minimum Gasteiger partial charge on any atom is -0.497 e. The van der Waals surface area contributed by atoms with Crippen LogP contribution in [0.15, 0.2) is 42.5 Å². The van der Waals surface area contributed by atoms with Gasteiger partial charge in [0.15, 0.2) is 0 Å². The van der Waals surface area contributed by atoms with Crippen LogP contribution in [0, 0.1) is 17.8 Å². The van der Waals surface area contributed by atoms with Gasteiger partial charge < -0.3 is 14.8 Å². The molecule has 0 radical (unpaired) electrons. The Hall–Kier alpha value is -3.17. The standard InChI is InChI=1S/C24H27ClN2O4/c1-7-21(28)27(17-10-13-20(31-6)19(25)14-17)22(24(2,3)4)23(29)26-15-16-8-11-18(30-5)12-9-16/h1,8-14,22H,15H2,2-6H3,(H,26,29). The number of benzene rings is 2. The van der Waals surface area contributed by atoms with E-state index in [1.165, 1.54) is 12.0 Å². The van der Waals surface area contributed by atoms with Crippen molar-refractivity contribution >= 4 is 29.1 Å². The van der Waals surface area contributed by atoms with Gasteiger partial charge in [-0.1, -0.05) is 44.5 Å². The summed E-state index contributed by atoms with van der Waals surface area (Å²) < 4.78 is 10.3. The maximum Gasteiger partial charge on any atom is 0.303 e. The monoisotopic (exact) mass is 442 g/mol. The zero-order valence-electron chi connectivity index (χ0n) is 18.4. The fraction of sp³-hybridized carbons (Fsp3) is 0.333. The molecule has 2 aromatic rings. The lowest BCUT2D eigenvalue weighted by Gasteiger charge is -2.38. The molecule has 2 aromatic carbocycles. The van der Waals surface area contributed by atoms with E-state index in [0.717, 1.165) is 11.3 Å². The van der Waals surface area contributed by atoms with E-state index in [2.05, 4.69) is 11.2 Å². The molecular weight excluding hydrogens is 416 g/mol. The Morgan fingerprint density at radius 2 is 1.77 bits per heavy atom. The van der Waals surface area contributed by atoms with Crippen LogP contribution in [0.5, 0.6) is 11.5 Å². The summed E-state index contributed by atoms with van der Waals surface area (Å²) in [7, 11) is 3.09. The first kappa shape index (κ1) is 24.1. The summed E-state index contributed by atoms with van der Waals surface area (Å²) in [4.78, 5) is 27.3. The van der Waals surface area contributed by atoms with Crippen LogP contribution in [0.1, 0.15) is 26.3 Å². The number of hydrogen-bond donors (Lipinski definition) is 1. The van der Waals surface area contributed by atoms with Crippen LogP contribution in [0.25, 0.3) is 0 Å². The van der Waals surface area contributed by atoms with Gasteiger partial charge in [0.25, 0.3) is 0 Å². The number of nitrogens with zero attached hydrogens (tertiary/aromatic N) is 1. The quantitative estimate of drug-likeness (QED) is 0.657. The number of hydrogen-bond acceptors (Lipinski definition) is 4. The van der Waals surface area contributed by atoms with Crippen molar-refractivity contribution in [1.29, 1.82) is 0 Å². The molecule has 6 nitrogen and oxygen atoms in total. The number of halogens is 1. The summed E-state index contributed by atoms with van der Waals surface area (Å²) in [6, 6.07) is 11.3. The summed E-state index contributed by atoms with van der Waals surface area (Å²) in [6.45, 7) is 5.89. The molecule has 2 amide bonds. The van der Waals surface area contributed by atoms with Gasteiger partial charge in [-0.3, -0.25) is 14.5 Å². The molecule has 164 valence electrons. The second-order valence-electron chi connectivity index (χ2n) is 7.97. The van der Waals surface area contributed by atoms with Crippen molar-refractivity contribution in [3.63, 3.8) is 0 Å². The van der Waals surface area contributed by atoms with Gasteiger partial charge in [0.1, 0.15) is 17.5 Å². The highest BCUT2D eigenvalue weighted by atomic mass is 35.5. The summed E-state index contributed by atoms with van der Waals surface area (Å²) >= 11 is 6.26. The van der Waals surface area contributed by atoms with Crippen molar-refractivity contribution in [3.8, 4) is 23.8 Å². The SMILES string of the molecule is C#CC(=O)N(c1ccc(OC)c(Cl)c1)C(C(=O)NCc1ccc(OC)cc1)C(C)(C)C. The van der Waals surface area contributed by atoms with Crippen LogP contribution in [-0.4, -0.2) is 32.1 Å². The average Bonchev–Trinajstić information content (AvgIpc) is 2.74. The van der Waals surface area contributed by atoms with Gasteiger partial charge in [-0.2, -0.15) is 0 Å². The van der Waals surface area contributed by atoms with Crippen LogP contribution < -0.4 is 19.7 Å². The minimum absolute atomic E-state index is 0.289. The van der Waals surface area contributed by atoms with Crippen LogP contribution in [-0.2, 0) is 16.1 Å². The summed E-state index contributed by atoms with van der Waals surface area (Å²) in [5, 5.41) is 3.22. The summed E-state index contributed by atoms with van der Waals surface area (Å²) in [6.07, 6.45) is 5.44. The molecule has 0 fully saturated rings. The zero-order chi connectivity index (χ0) is 23.2. The molecule has 0 aliphatic carbocycles. The maximum atomic E-state index is 13.3. The van der Waals surface area contributed by atoms with E-state index >= 15 is 0 Å². The number of nitrogens with one attached hydrogen (secondary N) is 1. The van der Waals surface area contributed by atoms with Crippen LogP contribution in [0.2, 0.25) is 5.02 Å². The third-order valence-electron chi connectivity index (χ3n) is 4.71. The lowest BCUT2D eigenvalue weighted by Crippen LogP contribution is -2.55. The molecule has 0 aromatic heterocycles. The predicted molar refractivity (Wildman–Crippen MR) is 122 cm³/mol. The average molecular weight is 443 g/mol. The van der Waals surface area contributed by atoms with Crippen molar-refractivity contribution in [2.24, 2.45) is 5.41 Å². The summed E-state index contributed by atoms with van der Waals surface area (Å²) in [5.74, 6) is 2.33. The fourth-order valence-electron chi connectivity index (χ4n) is 3.19. The normalized spacial score (nSPS) is 11.8. The third-order valence-corrected chi connectivity index (χ3v) is 5.00.